The zero-order valence-electron chi connectivity index (χ0n) is 18.6. The molecule has 0 atom stereocenters. The lowest BCUT2D eigenvalue weighted by Gasteiger charge is -2.09. The Labute approximate surface area is 219 Å². The number of halogens is 2. The maximum Gasteiger partial charge on any atom is 0.343 e. The maximum atomic E-state index is 12.6. The van der Waals surface area contributed by atoms with Crippen LogP contribution in [-0.4, -0.2) is 30.6 Å². The minimum absolute atomic E-state index is 0.224. The molecule has 3 aromatic rings. The summed E-state index contributed by atoms with van der Waals surface area (Å²) in [6.45, 7) is 2.60. The van der Waals surface area contributed by atoms with Gasteiger partial charge in [0.1, 0.15) is 11.5 Å². The molecule has 0 aromatic heterocycles. The third kappa shape index (κ3) is 8.04. The summed E-state index contributed by atoms with van der Waals surface area (Å²) in [5.41, 5.74) is 3.37. The predicted molar refractivity (Wildman–Crippen MR) is 140 cm³/mol. The van der Waals surface area contributed by atoms with E-state index in [-0.39, 0.29) is 5.75 Å². The number of nitrogens with zero attached hydrogens (tertiary/aromatic N) is 1. The second kappa shape index (κ2) is 12.8. The van der Waals surface area contributed by atoms with Crippen LogP contribution in [0, 0.1) is 0 Å². The SMILES string of the molecule is CCCOc1ccc(C(=O)Oc2ccc(Br)cc2/C=N/NC(=O)C(=O)Nc2ccc(Br)cc2)cc1. The van der Waals surface area contributed by atoms with Gasteiger partial charge in [-0.25, -0.2) is 10.2 Å². The molecule has 8 nitrogen and oxygen atoms in total. The van der Waals surface area contributed by atoms with Crippen LogP contribution >= 0.6 is 31.9 Å². The van der Waals surface area contributed by atoms with E-state index in [1.165, 1.54) is 6.21 Å². The molecule has 35 heavy (non-hydrogen) atoms. The molecule has 0 aliphatic heterocycles. The summed E-state index contributed by atoms with van der Waals surface area (Å²) < 4.78 is 12.6. The van der Waals surface area contributed by atoms with Gasteiger partial charge >= 0.3 is 17.8 Å². The Morgan fingerprint density at radius 2 is 1.60 bits per heavy atom. The van der Waals surface area contributed by atoms with Crippen LogP contribution < -0.4 is 20.2 Å². The highest BCUT2D eigenvalue weighted by Gasteiger charge is 2.14. The molecular weight excluding hydrogens is 582 g/mol. The minimum Gasteiger partial charge on any atom is -0.494 e. The predicted octanol–water partition coefficient (Wildman–Crippen LogP) is 5.31. The number of benzene rings is 3. The van der Waals surface area contributed by atoms with Gasteiger partial charge in [-0.15, -0.1) is 0 Å². The van der Waals surface area contributed by atoms with E-state index < -0.39 is 17.8 Å². The van der Waals surface area contributed by atoms with Crippen LogP contribution in [0.3, 0.4) is 0 Å². The number of nitrogens with one attached hydrogen (secondary N) is 2. The Hall–Kier alpha value is -3.50. The molecule has 10 heteroatoms. The number of ether oxygens (including phenoxy) is 2. The Morgan fingerprint density at radius 1 is 0.914 bits per heavy atom. The standard InChI is InChI=1S/C25H21Br2N3O5/c1-2-13-34-21-10-3-16(4-11-21)25(33)35-22-12-7-19(27)14-17(22)15-28-30-24(32)23(31)29-20-8-5-18(26)6-9-20/h3-12,14-15H,2,13H2,1H3,(H,29,31)(H,30,32)/b28-15+. The van der Waals surface area contributed by atoms with Crippen LogP contribution in [-0.2, 0) is 9.59 Å². The van der Waals surface area contributed by atoms with E-state index in [9.17, 15) is 14.4 Å². The van der Waals surface area contributed by atoms with Crippen molar-refractivity contribution in [3.8, 4) is 11.5 Å². The topological polar surface area (TPSA) is 106 Å². The largest absolute Gasteiger partial charge is 0.494 e. The number of hydrogen-bond acceptors (Lipinski definition) is 6. The summed E-state index contributed by atoms with van der Waals surface area (Å²) >= 11 is 6.65. The average Bonchev–Trinajstić information content (AvgIpc) is 2.85. The van der Waals surface area contributed by atoms with Gasteiger partial charge in [-0.2, -0.15) is 5.10 Å². The van der Waals surface area contributed by atoms with E-state index in [0.29, 0.717) is 33.6 Å². The van der Waals surface area contributed by atoms with Gasteiger partial charge in [-0.05, 0) is 73.2 Å². The molecule has 0 aliphatic rings. The number of anilines is 1. The molecule has 0 spiro atoms. The number of rotatable bonds is 8. The number of hydrazone groups is 1. The summed E-state index contributed by atoms with van der Waals surface area (Å²) in [6.07, 6.45) is 2.16. The lowest BCUT2D eigenvalue weighted by molar-refractivity contribution is -0.136. The number of esters is 1. The zero-order valence-corrected chi connectivity index (χ0v) is 21.8. The molecule has 0 radical (unpaired) electrons. The van der Waals surface area contributed by atoms with E-state index in [2.05, 4.69) is 47.7 Å². The summed E-state index contributed by atoms with van der Waals surface area (Å²) in [5, 5.41) is 6.28. The van der Waals surface area contributed by atoms with Crippen LogP contribution in [0.15, 0.2) is 80.8 Å². The number of hydrogen-bond donors (Lipinski definition) is 2. The fourth-order valence-electron chi connectivity index (χ4n) is 2.71. The molecule has 0 bridgehead atoms. The highest BCUT2D eigenvalue weighted by Crippen LogP contribution is 2.23. The van der Waals surface area contributed by atoms with Crippen molar-refractivity contribution in [2.75, 3.05) is 11.9 Å². The highest BCUT2D eigenvalue weighted by atomic mass is 79.9. The van der Waals surface area contributed by atoms with Gasteiger partial charge in [-0.1, -0.05) is 38.8 Å². The first-order valence-corrected chi connectivity index (χ1v) is 12.1. The Balaban J connectivity index is 1.63. The van der Waals surface area contributed by atoms with Crippen molar-refractivity contribution in [2.45, 2.75) is 13.3 Å². The summed E-state index contributed by atoms with van der Waals surface area (Å²) in [5.74, 6) is -1.51. The van der Waals surface area contributed by atoms with Crippen molar-refractivity contribution in [3.63, 3.8) is 0 Å². The van der Waals surface area contributed by atoms with Crippen LogP contribution in [0.5, 0.6) is 11.5 Å². The molecule has 0 heterocycles. The zero-order chi connectivity index (χ0) is 25.2. The first-order valence-electron chi connectivity index (χ1n) is 10.5. The van der Waals surface area contributed by atoms with Gasteiger partial charge in [0, 0.05) is 20.2 Å². The highest BCUT2D eigenvalue weighted by molar-refractivity contribution is 9.10. The van der Waals surface area contributed by atoms with Crippen molar-refractivity contribution < 1.29 is 23.9 Å². The smallest absolute Gasteiger partial charge is 0.343 e. The van der Waals surface area contributed by atoms with E-state index in [4.69, 9.17) is 9.47 Å². The van der Waals surface area contributed by atoms with Crippen LogP contribution in [0.25, 0.3) is 0 Å². The van der Waals surface area contributed by atoms with Gasteiger partial charge in [-0.3, -0.25) is 9.59 Å². The lowest BCUT2D eigenvalue weighted by atomic mass is 10.2. The van der Waals surface area contributed by atoms with Crippen molar-refractivity contribution in [3.05, 3.63) is 86.8 Å². The number of amides is 2. The second-order valence-corrected chi connectivity index (χ2v) is 8.94. The van der Waals surface area contributed by atoms with Crippen LogP contribution in [0.4, 0.5) is 5.69 Å². The summed E-state index contributed by atoms with van der Waals surface area (Å²) in [4.78, 5) is 36.7. The van der Waals surface area contributed by atoms with Crippen LogP contribution in [0.1, 0.15) is 29.3 Å². The molecule has 0 aliphatic carbocycles. The Bertz CT molecular complexity index is 1230. The Morgan fingerprint density at radius 3 is 2.29 bits per heavy atom. The van der Waals surface area contributed by atoms with E-state index >= 15 is 0 Å². The van der Waals surface area contributed by atoms with Gasteiger partial charge < -0.3 is 14.8 Å². The van der Waals surface area contributed by atoms with E-state index in [1.807, 2.05) is 6.92 Å². The molecule has 0 saturated heterocycles. The van der Waals surface area contributed by atoms with Gasteiger partial charge in [0.25, 0.3) is 0 Å². The lowest BCUT2D eigenvalue weighted by Crippen LogP contribution is -2.32. The summed E-state index contributed by atoms with van der Waals surface area (Å²) in [6, 6.07) is 18.3. The van der Waals surface area contributed by atoms with Gasteiger partial charge in [0.15, 0.2) is 0 Å². The van der Waals surface area contributed by atoms with Crippen molar-refractivity contribution in [1.82, 2.24) is 5.43 Å². The van der Waals surface area contributed by atoms with Crippen molar-refractivity contribution in [2.24, 2.45) is 5.10 Å². The first-order chi connectivity index (χ1) is 16.9. The fourth-order valence-corrected chi connectivity index (χ4v) is 3.35. The van der Waals surface area contributed by atoms with Gasteiger partial charge in [0.2, 0.25) is 0 Å². The second-order valence-electron chi connectivity index (χ2n) is 7.10. The first kappa shape index (κ1) is 26.1. The molecule has 0 saturated carbocycles. The normalized spacial score (nSPS) is 10.6. The third-order valence-corrected chi connectivity index (χ3v) is 5.44. The summed E-state index contributed by atoms with van der Waals surface area (Å²) in [7, 11) is 0. The molecule has 2 amide bonds. The average molecular weight is 603 g/mol. The van der Waals surface area contributed by atoms with Crippen LogP contribution in [0.2, 0.25) is 0 Å². The Kier molecular flexibility index (Phi) is 9.56. The van der Waals surface area contributed by atoms with E-state index in [0.717, 1.165) is 10.9 Å². The fraction of sp³-hybridized carbons (Fsp3) is 0.120. The van der Waals surface area contributed by atoms with Crippen molar-refractivity contribution >= 4 is 61.5 Å². The molecule has 3 rings (SSSR count). The minimum atomic E-state index is -0.955. The van der Waals surface area contributed by atoms with E-state index in [1.54, 1.807) is 66.7 Å². The maximum absolute atomic E-state index is 12.6. The molecule has 180 valence electrons. The monoisotopic (exact) mass is 601 g/mol. The molecular formula is C25H21Br2N3O5. The molecule has 0 unspecified atom stereocenters. The van der Waals surface area contributed by atoms with Crippen molar-refractivity contribution in [1.29, 1.82) is 0 Å². The molecule has 2 N–H and O–H groups in total. The number of carbonyl (C=O) groups excluding carboxylic acids is 3. The molecule has 0 fully saturated rings. The molecule has 3 aromatic carbocycles. The van der Waals surface area contributed by atoms with Gasteiger partial charge in [0.05, 0.1) is 18.4 Å². The number of carbonyl (C=O) groups is 3. The quantitative estimate of drug-likeness (QED) is 0.120. The third-order valence-electron chi connectivity index (χ3n) is 4.42.